The number of aryl methyl sites for hydroxylation is 3. The molecule has 1 heterocycles. The first kappa shape index (κ1) is 22.1. The predicted molar refractivity (Wildman–Crippen MR) is 133 cm³/mol. The Morgan fingerprint density at radius 1 is 0.912 bits per heavy atom. The molecular weight excluding hydrogens is 422 g/mol. The van der Waals surface area contributed by atoms with E-state index >= 15 is 0 Å². The zero-order valence-corrected chi connectivity index (χ0v) is 19.9. The summed E-state index contributed by atoms with van der Waals surface area (Å²) < 4.78 is 5.60. The number of hydrogen-bond donors (Lipinski definition) is 0. The van der Waals surface area contributed by atoms with E-state index in [2.05, 4.69) is 60.4 Å². The summed E-state index contributed by atoms with van der Waals surface area (Å²) in [6, 6.07) is 22.5. The van der Waals surface area contributed by atoms with Crippen LogP contribution in [-0.4, -0.2) is 27.5 Å². The van der Waals surface area contributed by atoms with Gasteiger partial charge in [0.2, 0.25) is 11.8 Å². The van der Waals surface area contributed by atoms with Gasteiger partial charge in [-0.2, -0.15) is 0 Å². The molecule has 1 aliphatic rings. The lowest BCUT2D eigenvalue weighted by molar-refractivity contribution is 0.0735. The third-order valence-electron chi connectivity index (χ3n) is 6.41. The molecule has 1 saturated carbocycles. The van der Waals surface area contributed by atoms with E-state index in [9.17, 15) is 4.79 Å². The molecular formula is C29H29N3O2. The van der Waals surface area contributed by atoms with Gasteiger partial charge in [-0.3, -0.25) is 4.79 Å². The molecule has 4 aromatic rings. The largest absolute Gasteiger partial charge is 0.421 e. The maximum atomic E-state index is 13.4. The second-order valence-electron chi connectivity index (χ2n) is 9.35. The molecule has 5 rings (SSSR count). The molecule has 0 saturated heterocycles. The Hall–Kier alpha value is -3.73. The van der Waals surface area contributed by atoms with Gasteiger partial charge in [0.1, 0.15) is 0 Å². The molecule has 172 valence electrons. The molecule has 0 spiro atoms. The zero-order chi connectivity index (χ0) is 23.7. The van der Waals surface area contributed by atoms with Gasteiger partial charge in [-0.25, -0.2) is 0 Å². The van der Waals surface area contributed by atoms with Crippen molar-refractivity contribution >= 4 is 5.91 Å². The minimum absolute atomic E-state index is 0.0887. The lowest BCUT2D eigenvalue weighted by Crippen LogP contribution is -2.32. The second kappa shape index (κ2) is 9.26. The van der Waals surface area contributed by atoms with Gasteiger partial charge in [0.15, 0.2) is 0 Å². The van der Waals surface area contributed by atoms with Gasteiger partial charge in [0.25, 0.3) is 5.91 Å². The average molecular weight is 452 g/mol. The summed E-state index contributed by atoms with van der Waals surface area (Å²) in [6.45, 7) is 7.41. The molecule has 34 heavy (non-hydrogen) atoms. The van der Waals surface area contributed by atoms with Gasteiger partial charge in [0, 0.05) is 31.1 Å². The van der Waals surface area contributed by atoms with Crippen molar-refractivity contribution in [1.82, 2.24) is 15.1 Å². The van der Waals surface area contributed by atoms with Crippen LogP contribution in [0.1, 0.15) is 45.8 Å². The summed E-state index contributed by atoms with van der Waals surface area (Å²) in [5, 5.41) is 8.07. The van der Waals surface area contributed by atoms with Crippen LogP contribution in [0, 0.1) is 26.7 Å². The van der Waals surface area contributed by atoms with Gasteiger partial charge in [0.05, 0.1) is 0 Å². The molecule has 0 N–H and O–H groups in total. The quantitative estimate of drug-likeness (QED) is 0.327. The smallest absolute Gasteiger partial charge is 0.254 e. The fraction of sp³-hybridized carbons (Fsp3) is 0.276. The molecule has 1 fully saturated rings. The number of benzene rings is 3. The highest BCUT2D eigenvalue weighted by atomic mass is 16.4. The molecule has 0 aliphatic heterocycles. The third kappa shape index (κ3) is 4.93. The zero-order valence-electron chi connectivity index (χ0n) is 19.9. The normalized spacial score (nSPS) is 13.1. The van der Waals surface area contributed by atoms with Crippen LogP contribution in [0.5, 0.6) is 0 Å². The minimum atomic E-state index is 0.0887. The number of carbonyl (C=O) groups excluding carboxylic acids is 1. The number of carbonyl (C=O) groups is 1. The molecule has 1 amide bonds. The Labute approximate surface area is 200 Å². The van der Waals surface area contributed by atoms with Crippen molar-refractivity contribution < 1.29 is 9.21 Å². The molecule has 0 radical (unpaired) electrons. The topological polar surface area (TPSA) is 59.2 Å². The number of aromatic nitrogens is 2. The van der Waals surface area contributed by atoms with Crippen LogP contribution in [0.15, 0.2) is 71.1 Å². The van der Waals surface area contributed by atoms with E-state index in [-0.39, 0.29) is 5.91 Å². The SMILES string of the molecule is Cc1ccc(CN(CC2CC2)C(=O)c2ccc(-c3cc(-c4nnc(C)o4)ccc3C)cc2)cc1. The molecule has 0 unspecified atom stereocenters. The monoisotopic (exact) mass is 451 g/mol. The van der Waals surface area contributed by atoms with Gasteiger partial charge >= 0.3 is 0 Å². The van der Waals surface area contributed by atoms with Crippen LogP contribution < -0.4 is 0 Å². The van der Waals surface area contributed by atoms with Crippen LogP contribution >= 0.6 is 0 Å². The van der Waals surface area contributed by atoms with E-state index in [1.807, 2.05) is 35.2 Å². The Kier molecular flexibility index (Phi) is 6.01. The number of amides is 1. The van der Waals surface area contributed by atoms with E-state index in [0.717, 1.165) is 34.4 Å². The lowest BCUT2D eigenvalue weighted by atomic mass is 9.97. The van der Waals surface area contributed by atoms with Crippen molar-refractivity contribution in [2.24, 2.45) is 5.92 Å². The second-order valence-corrected chi connectivity index (χ2v) is 9.35. The van der Waals surface area contributed by atoms with Gasteiger partial charge in [-0.05, 0) is 79.1 Å². The molecule has 5 heteroatoms. The first-order valence-electron chi connectivity index (χ1n) is 11.8. The maximum Gasteiger partial charge on any atom is 0.254 e. The summed E-state index contributed by atoms with van der Waals surface area (Å²) >= 11 is 0. The van der Waals surface area contributed by atoms with E-state index < -0.39 is 0 Å². The number of hydrogen-bond acceptors (Lipinski definition) is 4. The fourth-order valence-electron chi connectivity index (χ4n) is 4.20. The van der Waals surface area contributed by atoms with Gasteiger partial charge < -0.3 is 9.32 Å². The molecule has 5 nitrogen and oxygen atoms in total. The third-order valence-corrected chi connectivity index (χ3v) is 6.41. The average Bonchev–Trinajstić information content (AvgIpc) is 3.57. The van der Waals surface area contributed by atoms with Crippen molar-refractivity contribution in [2.75, 3.05) is 6.54 Å². The fourth-order valence-corrected chi connectivity index (χ4v) is 4.20. The predicted octanol–water partition coefficient (Wildman–Crippen LogP) is 6.38. The Balaban J connectivity index is 1.38. The van der Waals surface area contributed by atoms with Gasteiger partial charge in [-0.1, -0.05) is 48.0 Å². The van der Waals surface area contributed by atoms with E-state index in [4.69, 9.17) is 4.42 Å². The van der Waals surface area contributed by atoms with Crippen LogP contribution in [0.25, 0.3) is 22.6 Å². The summed E-state index contributed by atoms with van der Waals surface area (Å²) in [4.78, 5) is 15.4. The summed E-state index contributed by atoms with van der Waals surface area (Å²) in [5.41, 5.74) is 7.29. The molecule has 0 bridgehead atoms. The molecule has 1 aliphatic carbocycles. The first-order chi connectivity index (χ1) is 16.5. The van der Waals surface area contributed by atoms with Crippen molar-refractivity contribution in [3.05, 3.63) is 94.9 Å². The Morgan fingerprint density at radius 2 is 1.62 bits per heavy atom. The highest BCUT2D eigenvalue weighted by molar-refractivity contribution is 5.95. The highest BCUT2D eigenvalue weighted by Gasteiger charge is 2.27. The van der Waals surface area contributed by atoms with E-state index in [1.165, 1.54) is 24.0 Å². The molecule has 1 aromatic heterocycles. The van der Waals surface area contributed by atoms with Gasteiger partial charge in [-0.15, -0.1) is 10.2 Å². The summed E-state index contributed by atoms with van der Waals surface area (Å²) in [6.07, 6.45) is 2.43. The number of nitrogens with zero attached hydrogens (tertiary/aromatic N) is 3. The van der Waals surface area contributed by atoms with E-state index in [1.54, 1.807) is 6.92 Å². The van der Waals surface area contributed by atoms with Crippen LogP contribution in [0.2, 0.25) is 0 Å². The van der Waals surface area contributed by atoms with Crippen molar-refractivity contribution in [1.29, 1.82) is 0 Å². The van der Waals surface area contributed by atoms with Crippen LogP contribution in [0.4, 0.5) is 0 Å². The summed E-state index contributed by atoms with van der Waals surface area (Å²) in [5.74, 6) is 1.77. The Morgan fingerprint density at radius 3 is 2.26 bits per heavy atom. The number of rotatable bonds is 7. The summed E-state index contributed by atoms with van der Waals surface area (Å²) in [7, 11) is 0. The lowest BCUT2D eigenvalue weighted by Gasteiger charge is -2.23. The van der Waals surface area contributed by atoms with E-state index in [0.29, 0.717) is 24.2 Å². The van der Waals surface area contributed by atoms with Crippen LogP contribution in [-0.2, 0) is 6.54 Å². The highest BCUT2D eigenvalue weighted by Crippen LogP contribution is 2.32. The van der Waals surface area contributed by atoms with Crippen molar-refractivity contribution in [2.45, 2.75) is 40.2 Å². The maximum absolute atomic E-state index is 13.4. The molecule has 3 aromatic carbocycles. The van der Waals surface area contributed by atoms with Crippen molar-refractivity contribution in [3.8, 4) is 22.6 Å². The Bertz CT molecular complexity index is 1300. The molecule has 0 atom stereocenters. The van der Waals surface area contributed by atoms with Crippen molar-refractivity contribution in [3.63, 3.8) is 0 Å². The first-order valence-corrected chi connectivity index (χ1v) is 11.8. The minimum Gasteiger partial charge on any atom is -0.421 e. The van der Waals surface area contributed by atoms with Crippen LogP contribution in [0.3, 0.4) is 0 Å². The standard InChI is InChI=1S/C29H29N3O2/c1-19-4-7-22(8-5-19)17-32(18-23-9-10-23)29(33)25-14-12-24(13-15-25)27-16-26(11-6-20(27)2)28-31-30-21(3)34-28/h4-8,11-16,23H,9-10,17-18H2,1-3H3.